The lowest BCUT2D eigenvalue weighted by Crippen LogP contribution is -2.25. The van der Waals surface area contributed by atoms with Crippen LogP contribution in [0.4, 0.5) is 0 Å². The summed E-state index contributed by atoms with van der Waals surface area (Å²) in [5.74, 6) is -0.957. The van der Waals surface area contributed by atoms with Gasteiger partial charge in [0.05, 0.1) is 12.2 Å². The summed E-state index contributed by atoms with van der Waals surface area (Å²) in [5.41, 5.74) is 0. The molecule has 4 nitrogen and oxygen atoms in total. The van der Waals surface area contributed by atoms with Crippen molar-refractivity contribution in [1.82, 2.24) is 0 Å². The largest absolute Gasteiger partial charge is 0.478 e. The van der Waals surface area contributed by atoms with Crippen LogP contribution < -0.4 is 0 Å². The third kappa shape index (κ3) is 16.9. The summed E-state index contributed by atoms with van der Waals surface area (Å²) in [6, 6.07) is 0. The summed E-state index contributed by atoms with van der Waals surface area (Å²) in [5, 5.41) is 28.1. The van der Waals surface area contributed by atoms with Gasteiger partial charge in [0.2, 0.25) is 0 Å². The van der Waals surface area contributed by atoms with E-state index in [0.717, 1.165) is 44.6 Å². The Labute approximate surface area is 157 Å². The van der Waals surface area contributed by atoms with Gasteiger partial charge < -0.3 is 15.3 Å². The number of carboxylic acids is 1. The van der Waals surface area contributed by atoms with Crippen LogP contribution in [0.5, 0.6) is 0 Å². The van der Waals surface area contributed by atoms with Crippen molar-refractivity contribution in [2.75, 3.05) is 0 Å². The third-order valence-electron chi connectivity index (χ3n) is 3.82. The molecule has 0 spiro atoms. The molecule has 0 aliphatic carbocycles. The average Bonchev–Trinajstić information content (AvgIpc) is 2.61. The summed E-state index contributed by atoms with van der Waals surface area (Å²) in [7, 11) is 0. The maximum atomic E-state index is 10.2. The SMILES string of the molecule is CCCCCC(O)C(O)CCCCC=CC=CC=CC=CC=CC(=O)O. The molecule has 0 saturated carbocycles. The number of hydrogen-bond acceptors (Lipinski definition) is 3. The molecule has 0 radical (unpaired) electrons. The van der Waals surface area contributed by atoms with E-state index in [9.17, 15) is 15.0 Å². The van der Waals surface area contributed by atoms with Gasteiger partial charge in [-0.3, -0.25) is 0 Å². The van der Waals surface area contributed by atoms with Crippen LogP contribution in [-0.4, -0.2) is 33.5 Å². The first-order chi connectivity index (χ1) is 12.6. The van der Waals surface area contributed by atoms with Crippen molar-refractivity contribution in [2.45, 2.75) is 70.5 Å². The van der Waals surface area contributed by atoms with Gasteiger partial charge in [0.1, 0.15) is 0 Å². The molecule has 0 fully saturated rings. The highest BCUT2D eigenvalue weighted by atomic mass is 16.4. The van der Waals surface area contributed by atoms with Crippen molar-refractivity contribution in [1.29, 1.82) is 0 Å². The van der Waals surface area contributed by atoms with Gasteiger partial charge >= 0.3 is 5.97 Å². The zero-order valence-corrected chi connectivity index (χ0v) is 15.8. The molecule has 0 aliphatic heterocycles. The van der Waals surface area contributed by atoms with Crippen molar-refractivity contribution in [3.05, 3.63) is 60.8 Å². The van der Waals surface area contributed by atoms with Crippen molar-refractivity contribution in [3.63, 3.8) is 0 Å². The summed E-state index contributed by atoms with van der Waals surface area (Å²) < 4.78 is 0. The first-order valence-corrected chi connectivity index (χ1v) is 9.50. The monoisotopic (exact) mass is 362 g/mol. The first-order valence-electron chi connectivity index (χ1n) is 9.50. The molecule has 3 N–H and O–H groups in total. The Balaban J connectivity index is 3.70. The van der Waals surface area contributed by atoms with E-state index in [-0.39, 0.29) is 0 Å². The highest BCUT2D eigenvalue weighted by molar-refractivity contribution is 5.80. The zero-order chi connectivity index (χ0) is 19.5. The van der Waals surface area contributed by atoms with Gasteiger partial charge in [-0.25, -0.2) is 4.79 Å². The van der Waals surface area contributed by atoms with Gasteiger partial charge in [-0.05, 0) is 25.7 Å². The van der Waals surface area contributed by atoms with E-state index >= 15 is 0 Å². The number of unbranched alkanes of at least 4 members (excludes halogenated alkanes) is 4. The Morgan fingerprint density at radius 2 is 1.27 bits per heavy atom. The molecule has 0 bridgehead atoms. The first kappa shape index (κ1) is 24.1. The van der Waals surface area contributed by atoms with E-state index in [0.29, 0.717) is 12.8 Å². The number of allylic oxidation sites excluding steroid dienone is 9. The quantitative estimate of drug-likeness (QED) is 0.224. The topological polar surface area (TPSA) is 77.8 Å². The van der Waals surface area contributed by atoms with Crippen molar-refractivity contribution < 1.29 is 20.1 Å². The second kappa shape index (κ2) is 17.9. The van der Waals surface area contributed by atoms with Gasteiger partial charge in [0.25, 0.3) is 0 Å². The van der Waals surface area contributed by atoms with Crippen LogP contribution in [-0.2, 0) is 4.79 Å². The second-order valence-electron chi connectivity index (χ2n) is 6.20. The number of aliphatic hydroxyl groups excluding tert-OH is 2. The highest BCUT2D eigenvalue weighted by Crippen LogP contribution is 2.12. The highest BCUT2D eigenvalue weighted by Gasteiger charge is 2.14. The molecular formula is C22H34O4. The predicted molar refractivity (Wildman–Crippen MR) is 108 cm³/mol. The van der Waals surface area contributed by atoms with Crippen LogP contribution in [0.2, 0.25) is 0 Å². The number of carboxylic acid groups (broad SMARTS) is 1. The second-order valence-corrected chi connectivity index (χ2v) is 6.20. The zero-order valence-electron chi connectivity index (χ0n) is 15.8. The number of aliphatic hydroxyl groups is 2. The fourth-order valence-corrected chi connectivity index (χ4v) is 2.30. The maximum Gasteiger partial charge on any atom is 0.328 e. The van der Waals surface area contributed by atoms with E-state index in [2.05, 4.69) is 13.0 Å². The van der Waals surface area contributed by atoms with Crippen LogP contribution >= 0.6 is 0 Å². The van der Waals surface area contributed by atoms with Crippen LogP contribution in [0.1, 0.15) is 58.3 Å². The van der Waals surface area contributed by atoms with E-state index < -0.39 is 18.2 Å². The smallest absolute Gasteiger partial charge is 0.328 e. The van der Waals surface area contributed by atoms with E-state index in [1.54, 1.807) is 12.2 Å². The molecule has 0 saturated heterocycles. The van der Waals surface area contributed by atoms with Gasteiger partial charge in [0.15, 0.2) is 0 Å². The van der Waals surface area contributed by atoms with Crippen LogP contribution in [0.15, 0.2) is 60.8 Å². The molecule has 26 heavy (non-hydrogen) atoms. The molecule has 146 valence electrons. The number of hydrogen-bond donors (Lipinski definition) is 3. The van der Waals surface area contributed by atoms with Crippen LogP contribution in [0.25, 0.3) is 0 Å². The van der Waals surface area contributed by atoms with E-state index in [4.69, 9.17) is 5.11 Å². The van der Waals surface area contributed by atoms with E-state index in [1.165, 1.54) is 6.08 Å². The standard InChI is InChI=1S/C22H34O4/c1-2-3-14-17-20(23)21(24)18-15-12-10-8-6-4-5-7-9-11-13-16-19-22(25)26/h4-9,11,13,16,19-21,23-24H,2-3,10,12,14-15,17-18H2,1H3,(H,25,26). The Hall–Kier alpha value is -1.91. The molecule has 0 aromatic heterocycles. The molecular weight excluding hydrogens is 328 g/mol. The lowest BCUT2D eigenvalue weighted by molar-refractivity contribution is -0.131. The summed E-state index contributed by atoms with van der Waals surface area (Å²) in [6.07, 6.45) is 23.8. The minimum Gasteiger partial charge on any atom is -0.478 e. The predicted octanol–water partition coefficient (Wildman–Crippen LogP) is 4.71. The average molecular weight is 363 g/mol. The Kier molecular flexibility index (Phi) is 16.6. The fourth-order valence-electron chi connectivity index (χ4n) is 2.30. The number of aliphatic carboxylic acids is 1. The van der Waals surface area contributed by atoms with Crippen molar-refractivity contribution in [3.8, 4) is 0 Å². The number of rotatable bonds is 15. The molecule has 0 rings (SSSR count). The lowest BCUT2D eigenvalue weighted by atomic mass is 10.0. The van der Waals surface area contributed by atoms with Gasteiger partial charge in [-0.15, -0.1) is 0 Å². The van der Waals surface area contributed by atoms with Crippen molar-refractivity contribution in [2.24, 2.45) is 0 Å². The molecule has 0 amide bonds. The molecule has 0 aromatic rings. The Morgan fingerprint density at radius 1 is 0.769 bits per heavy atom. The van der Waals surface area contributed by atoms with Crippen LogP contribution in [0, 0.1) is 0 Å². The molecule has 0 aliphatic rings. The van der Waals surface area contributed by atoms with Gasteiger partial charge in [-0.2, -0.15) is 0 Å². The van der Waals surface area contributed by atoms with Crippen molar-refractivity contribution >= 4 is 5.97 Å². The molecule has 4 heteroatoms. The third-order valence-corrected chi connectivity index (χ3v) is 3.82. The molecule has 2 atom stereocenters. The van der Waals surface area contributed by atoms with Gasteiger partial charge in [-0.1, -0.05) is 87.3 Å². The maximum absolute atomic E-state index is 10.2. The number of carbonyl (C=O) groups is 1. The van der Waals surface area contributed by atoms with Gasteiger partial charge in [0, 0.05) is 6.08 Å². The lowest BCUT2D eigenvalue weighted by Gasteiger charge is -2.17. The van der Waals surface area contributed by atoms with Crippen LogP contribution in [0.3, 0.4) is 0 Å². The van der Waals surface area contributed by atoms with E-state index in [1.807, 2.05) is 30.4 Å². The molecule has 2 unspecified atom stereocenters. The normalized spacial score (nSPS) is 15.2. The summed E-state index contributed by atoms with van der Waals surface area (Å²) in [4.78, 5) is 10.2. The minimum atomic E-state index is -0.957. The minimum absolute atomic E-state index is 0.583. The molecule has 0 heterocycles. The summed E-state index contributed by atoms with van der Waals surface area (Å²) in [6.45, 7) is 2.13. The summed E-state index contributed by atoms with van der Waals surface area (Å²) >= 11 is 0. The molecule has 0 aromatic carbocycles. The Morgan fingerprint density at radius 3 is 1.81 bits per heavy atom. The fraction of sp³-hybridized carbons (Fsp3) is 0.500. The Bertz CT molecular complexity index is 486.